The van der Waals surface area contributed by atoms with Crippen LogP contribution in [0.15, 0.2) is 71.5 Å². The number of nitrogens with zero attached hydrogens (tertiary/aromatic N) is 1. The molecule has 1 aromatic carbocycles. The minimum Gasteiger partial charge on any atom is -0.493 e. The second-order valence-electron chi connectivity index (χ2n) is 6.85. The van der Waals surface area contributed by atoms with E-state index < -0.39 is 0 Å². The summed E-state index contributed by atoms with van der Waals surface area (Å²) >= 11 is 0. The second-order valence-corrected chi connectivity index (χ2v) is 6.85. The Morgan fingerprint density at radius 3 is 2.50 bits per heavy atom. The van der Waals surface area contributed by atoms with Crippen LogP contribution in [0.5, 0.6) is 0 Å². The van der Waals surface area contributed by atoms with Crippen LogP contribution < -0.4 is 0 Å². The molecule has 0 amide bonds. The summed E-state index contributed by atoms with van der Waals surface area (Å²) in [5.41, 5.74) is 6.21. The normalized spacial score (nSPS) is 22.8. The molecule has 1 atom stereocenters. The summed E-state index contributed by atoms with van der Waals surface area (Å²) in [5.74, 6) is 0.971. The first-order valence-electron chi connectivity index (χ1n) is 9.43. The summed E-state index contributed by atoms with van der Waals surface area (Å²) in [7, 11) is 0. The first-order valence-corrected chi connectivity index (χ1v) is 9.43. The molecule has 3 nitrogen and oxygen atoms in total. The third kappa shape index (κ3) is 3.69. The molecule has 0 radical (unpaired) electrons. The first-order chi connectivity index (χ1) is 12.7. The van der Waals surface area contributed by atoms with Crippen LogP contribution in [0.1, 0.15) is 26.3 Å². The predicted octanol–water partition coefficient (Wildman–Crippen LogP) is 4.60. The summed E-state index contributed by atoms with van der Waals surface area (Å²) in [5, 5.41) is 0. The van der Waals surface area contributed by atoms with Crippen molar-refractivity contribution in [3.05, 3.63) is 77.1 Å². The lowest BCUT2D eigenvalue weighted by Crippen LogP contribution is -2.44. The smallest absolute Gasteiger partial charge is 0.125 e. The molecular formula is C23H29NO2. The van der Waals surface area contributed by atoms with Gasteiger partial charge in [0.1, 0.15) is 5.76 Å². The third-order valence-electron chi connectivity index (χ3n) is 4.99. The summed E-state index contributed by atoms with van der Waals surface area (Å²) in [6, 6.07) is 10.7. The average Bonchev–Trinajstić information content (AvgIpc) is 3.04. The van der Waals surface area contributed by atoms with Gasteiger partial charge in [-0.1, -0.05) is 48.6 Å². The SMILES string of the molecule is C=C/C(=C1\C(OCC)=CC(=C(C)C)C1N1CCOCC1)c1ccccc1. The van der Waals surface area contributed by atoms with Crippen LogP contribution >= 0.6 is 0 Å². The minimum absolute atomic E-state index is 0.193. The van der Waals surface area contributed by atoms with Crippen molar-refractivity contribution in [3.63, 3.8) is 0 Å². The lowest BCUT2D eigenvalue weighted by atomic mass is 9.92. The van der Waals surface area contributed by atoms with Crippen LogP contribution in [-0.4, -0.2) is 43.9 Å². The van der Waals surface area contributed by atoms with Gasteiger partial charge in [0, 0.05) is 18.7 Å². The third-order valence-corrected chi connectivity index (χ3v) is 4.99. The van der Waals surface area contributed by atoms with Crippen molar-refractivity contribution in [2.45, 2.75) is 26.8 Å². The number of hydrogen-bond donors (Lipinski definition) is 0. The molecule has 0 N–H and O–H groups in total. The largest absolute Gasteiger partial charge is 0.493 e. The predicted molar refractivity (Wildman–Crippen MR) is 108 cm³/mol. The minimum atomic E-state index is 0.193. The zero-order chi connectivity index (χ0) is 18.5. The Kier molecular flexibility index (Phi) is 6.12. The van der Waals surface area contributed by atoms with Crippen molar-refractivity contribution in [2.24, 2.45) is 0 Å². The molecular weight excluding hydrogens is 322 g/mol. The maximum absolute atomic E-state index is 6.08. The van der Waals surface area contributed by atoms with Gasteiger partial charge in [0.25, 0.3) is 0 Å². The Bertz CT molecular complexity index is 733. The highest BCUT2D eigenvalue weighted by molar-refractivity contribution is 5.82. The van der Waals surface area contributed by atoms with Crippen LogP contribution in [-0.2, 0) is 9.47 Å². The number of ether oxygens (including phenoxy) is 2. The number of benzene rings is 1. The fourth-order valence-electron chi connectivity index (χ4n) is 3.78. The number of hydrogen-bond acceptors (Lipinski definition) is 3. The molecule has 26 heavy (non-hydrogen) atoms. The number of rotatable bonds is 5. The van der Waals surface area contributed by atoms with E-state index in [0.717, 1.165) is 37.6 Å². The highest BCUT2D eigenvalue weighted by atomic mass is 16.5. The van der Waals surface area contributed by atoms with E-state index in [1.54, 1.807) is 0 Å². The average molecular weight is 351 g/mol. The lowest BCUT2D eigenvalue weighted by molar-refractivity contribution is 0.0303. The number of allylic oxidation sites excluding steroid dienone is 3. The Morgan fingerprint density at radius 1 is 1.23 bits per heavy atom. The van der Waals surface area contributed by atoms with Gasteiger partial charge in [-0.3, -0.25) is 4.90 Å². The van der Waals surface area contributed by atoms with E-state index in [-0.39, 0.29) is 6.04 Å². The van der Waals surface area contributed by atoms with Crippen molar-refractivity contribution < 1.29 is 9.47 Å². The van der Waals surface area contributed by atoms with Gasteiger partial charge in [-0.05, 0) is 43.6 Å². The van der Waals surface area contributed by atoms with Crippen molar-refractivity contribution in [1.29, 1.82) is 0 Å². The van der Waals surface area contributed by atoms with Crippen LogP contribution in [0.2, 0.25) is 0 Å². The van der Waals surface area contributed by atoms with Crippen molar-refractivity contribution in [3.8, 4) is 0 Å². The molecule has 1 heterocycles. The van der Waals surface area contributed by atoms with E-state index in [4.69, 9.17) is 9.47 Å². The van der Waals surface area contributed by atoms with Gasteiger partial charge in [0.2, 0.25) is 0 Å². The molecule has 1 aliphatic heterocycles. The molecule has 3 heteroatoms. The van der Waals surface area contributed by atoms with Crippen molar-refractivity contribution in [2.75, 3.05) is 32.9 Å². The Hall–Kier alpha value is -2.10. The van der Waals surface area contributed by atoms with Crippen molar-refractivity contribution >= 4 is 5.57 Å². The van der Waals surface area contributed by atoms with E-state index in [1.807, 2.05) is 19.1 Å². The van der Waals surface area contributed by atoms with Crippen LogP contribution in [0, 0.1) is 0 Å². The van der Waals surface area contributed by atoms with Crippen LogP contribution in [0.3, 0.4) is 0 Å². The summed E-state index contributed by atoms with van der Waals surface area (Å²) < 4.78 is 11.7. The van der Waals surface area contributed by atoms with E-state index in [1.165, 1.54) is 22.3 Å². The molecule has 138 valence electrons. The fourth-order valence-corrected chi connectivity index (χ4v) is 3.78. The lowest BCUT2D eigenvalue weighted by Gasteiger charge is -2.35. The van der Waals surface area contributed by atoms with E-state index in [2.05, 4.69) is 55.7 Å². The monoisotopic (exact) mass is 351 g/mol. The maximum atomic E-state index is 6.08. The second kappa shape index (κ2) is 8.52. The zero-order valence-electron chi connectivity index (χ0n) is 16.1. The van der Waals surface area contributed by atoms with Gasteiger partial charge in [-0.15, -0.1) is 0 Å². The van der Waals surface area contributed by atoms with Gasteiger partial charge >= 0.3 is 0 Å². The molecule has 1 fully saturated rings. The quantitative estimate of drug-likeness (QED) is 0.774. The molecule has 3 rings (SSSR count). The van der Waals surface area contributed by atoms with Crippen molar-refractivity contribution in [1.82, 2.24) is 4.90 Å². The van der Waals surface area contributed by atoms with Gasteiger partial charge in [0.05, 0.1) is 25.9 Å². The zero-order valence-corrected chi connectivity index (χ0v) is 16.1. The van der Waals surface area contributed by atoms with E-state index >= 15 is 0 Å². The summed E-state index contributed by atoms with van der Waals surface area (Å²) in [6.07, 6.45) is 4.19. The standard InChI is InChI=1S/C23H29NO2/c1-5-19(18-10-8-7-9-11-18)22-21(26-6-2)16-20(17(3)4)23(22)24-12-14-25-15-13-24/h5,7-11,16,23H,1,6,12-15H2,2-4H3/b22-19-. The first kappa shape index (κ1) is 18.7. The Balaban J connectivity index is 2.18. The van der Waals surface area contributed by atoms with Crippen LogP contribution in [0.25, 0.3) is 5.57 Å². The molecule has 0 aromatic heterocycles. The Labute approximate surface area is 157 Å². The van der Waals surface area contributed by atoms with Gasteiger partial charge < -0.3 is 9.47 Å². The number of morpholine rings is 1. The summed E-state index contributed by atoms with van der Waals surface area (Å²) in [6.45, 7) is 14.6. The van der Waals surface area contributed by atoms with E-state index in [9.17, 15) is 0 Å². The highest BCUT2D eigenvalue weighted by Crippen LogP contribution is 2.41. The molecule has 0 spiro atoms. The molecule has 1 unspecified atom stereocenters. The maximum Gasteiger partial charge on any atom is 0.125 e. The van der Waals surface area contributed by atoms with Crippen LogP contribution in [0.4, 0.5) is 0 Å². The molecule has 1 aromatic rings. The Morgan fingerprint density at radius 2 is 1.92 bits per heavy atom. The van der Waals surface area contributed by atoms with E-state index in [0.29, 0.717) is 6.61 Å². The molecule has 2 aliphatic rings. The topological polar surface area (TPSA) is 21.7 Å². The molecule has 1 aliphatic carbocycles. The van der Waals surface area contributed by atoms with Gasteiger partial charge in [-0.2, -0.15) is 0 Å². The fraction of sp³-hybridized carbons (Fsp3) is 0.391. The van der Waals surface area contributed by atoms with Gasteiger partial charge in [-0.25, -0.2) is 0 Å². The molecule has 0 bridgehead atoms. The summed E-state index contributed by atoms with van der Waals surface area (Å²) in [4.78, 5) is 2.51. The molecule has 1 saturated heterocycles. The van der Waals surface area contributed by atoms with Gasteiger partial charge in [0.15, 0.2) is 0 Å². The molecule has 0 saturated carbocycles. The highest BCUT2D eigenvalue weighted by Gasteiger charge is 2.36.